The van der Waals surface area contributed by atoms with Crippen LogP contribution in [0.3, 0.4) is 0 Å². The van der Waals surface area contributed by atoms with Crippen molar-refractivity contribution in [1.82, 2.24) is 5.32 Å². The van der Waals surface area contributed by atoms with Crippen molar-refractivity contribution in [3.63, 3.8) is 0 Å². The second-order valence-electron chi connectivity index (χ2n) is 5.94. The van der Waals surface area contributed by atoms with Crippen LogP contribution in [0.25, 0.3) is 0 Å². The van der Waals surface area contributed by atoms with Crippen molar-refractivity contribution in [3.05, 3.63) is 16.6 Å². The minimum Gasteiger partial charge on any atom is -0.486 e. The largest absolute Gasteiger partial charge is 0.486 e. The normalized spacial score (nSPS) is 23.7. The zero-order valence-corrected chi connectivity index (χ0v) is 14.2. The summed E-state index contributed by atoms with van der Waals surface area (Å²) in [6.45, 7) is 3.27. The molecule has 2 N–H and O–H groups in total. The average molecular weight is 369 g/mol. The molecule has 22 heavy (non-hydrogen) atoms. The van der Waals surface area contributed by atoms with Crippen LogP contribution in [0.15, 0.2) is 16.6 Å². The number of benzene rings is 1. The van der Waals surface area contributed by atoms with E-state index in [2.05, 4.69) is 33.5 Å². The number of carbonyl (C=O) groups is 1. The molecule has 3 rings (SSSR count). The number of rotatable bonds is 2. The van der Waals surface area contributed by atoms with Gasteiger partial charge < -0.3 is 20.1 Å². The summed E-state index contributed by atoms with van der Waals surface area (Å²) in [5.41, 5.74) is 0.685. The summed E-state index contributed by atoms with van der Waals surface area (Å²) in [5.74, 6) is 1.89. The maximum Gasteiger partial charge on any atom is 0.319 e. The lowest BCUT2D eigenvalue weighted by molar-refractivity contribution is 0.171. The number of anilines is 1. The molecule has 1 aliphatic heterocycles. The minimum atomic E-state index is -0.170. The highest BCUT2D eigenvalue weighted by Gasteiger charge is 2.23. The molecular formula is C16H21BrN2O3. The van der Waals surface area contributed by atoms with Crippen LogP contribution in [0.1, 0.15) is 32.6 Å². The van der Waals surface area contributed by atoms with Crippen LogP contribution >= 0.6 is 15.9 Å². The van der Waals surface area contributed by atoms with Crippen molar-refractivity contribution < 1.29 is 14.3 Å². The van der Waals surface area contributed by atoms with E-state index in [4.69, 9.17) is 9.47 Å². The molecule has 0 bridgehead atoms. The molecule has 0 aromatic heterocycles. The van der Waals surface area contributed by atoms with Crippen LogP contribution in [0, 0.1) is 5.92 Å². The van der Waals surface area contributed by atoms with Gasteiger partial charge in [0.1, 0.15) is 13.2 Å². The number of nitrogens with one attached hydrogen (secondary N) is 2. The van der Waals surface area contributed by atoms with Gasteiger partial charge in [-0.25, -0.2) is 4.79 Å². The number of ether oxygens (including phenoxy) is 2. The molecule has 1 saturated carbocycles. The van der Waals surface area contributed by atoms with E-state index in [9.17, 15) is 4.79 Å². The monoisotopic (exact) mass is 368 g/mol. The number of amides is 2. The first-order valence-corrected chi connectivity index (χ1v) is 8.59. The van der Waals surface area contributed by atoms with Crippen LogP contribution in [0.2, 0.25) is 0 Å². The zero-order chi connectivity index (χ0) is 15.5. The van der Waals surface area contributed by atoms with Crippen molar-refractivity contribution >= 4 is 27.6 Å². The SMILES string of the molecule is C[C@@H]1CCCC[C@@H]1NC(=O)Nc1cc2c(cc1Br)OCCO2. The molecule has 2 amide bonds. The molecular weight excluding hydrogens is 348 g/mol. The molecule has 0 unspecified atom stereocenters. The average Bonchev–Trinajstić information content (AvgIpc) is 2.50. The summed E-state index contributed by atoms with van der Waals surface area (Å²) >= 11 is 3.46. The summed E-state index contributed by atoms with van der Waals surface area (Å²) < 4.78 is 11.8. The van der Waals surface area contributed by atoms with E-state index in [-0.39, 0.29) is 12.1 Å². The first-order chi connectivity index (χ1) is 10.6. The number of urea groups is 1. The summed E-state index contributed by atoms with van der Waals surface area (Å²) in [4.78, 5) is 12.2. The summed E-state index contributed by atoms with van der Waals surface area (Å²) in [5, 5.41) is 5.98. The van der Waals surface area contributed by atoms with E-state index >= 15 is 0 Å². The Labute approximate surface area is 138 Å². The van der Waals surface area contributed by atoms with Crippen LogP contribution < -0.4 is 20.1 Å². The van der Waals surface area contributed by atoms with E-state index in [0.29, 0.717) is 36.3 Å². The van der Waals surface area contributed by atoms with Crippen molar-refractivity contribution in [1.29, 1.82) is 0 Å². The fourth-order valence-electron chi connectivity index (χ4n) is 3.02. The molecule has 1 aromatic carbocycles. The summed E-state index contributed by atoms with van der Waals surface area (Å²) in [6, 6.07) is 3.70. The molecule has 0 saturated heterocycles. The number of halogens is 1. The highest BCUT2D eigenvalue weighted by Crippen LogP contribution is 2.38. The molecule has 1 aromatic rings. The molecule has 120 valence electrons. The Bertz CT molecular complexity index is 565. The molecule has 1 fully saturated rings. The first kappa shape index (κ1) is 15.5. The van der Waals surface area contributed by atoms with Crippen LogP contribution in [-0.4, -0.2) is 25.3 Å². The fourth-order valence-corrected chi connectivity index (χ4v) is 3.44. The van der Waals surface area contributed by atoms with Crippen LogP contribution in [0.4, 0.5) is 10.5 Å². The van der Waals surface area contributed by atoms with Gasteiger partial charge in [-0.1, -0.05) is 19.8 Å². The van der Waals surface area contributed by atoms with Gasteiger partial charge in [0.2, 0.25) is 0 Å². The fraction of sp³-hybridized carbons (Fsp3) is 0.562. The number of carbonyl (C=O) groups excluding carboxylic acids is 1. The van der Waals surface area contributed by atoms with Crippen LogP contribution in [-0.2, 0) is 0 Å². The van der Waals surface area contributed by atoms with E-state index in [1.165, 1.54) is 19.3 Å². The molecule has 2 atom stereocenters. The van der Waals surface area contributed by atoms with Gasteiger partial charge in [-0.3, -0.25) is 0 Å². The van der Waals surface area contributed by atoms with E-state index in [0.717, 1.165) is 10.9 Å². The third kappa shape index (κ3) is 3.48. The maximum atomic E-state index is 12.2. The smallest absolute Gasteiger partial charge is 0.319 e. The second-order valence-corrected chi connectivity index (χ2v) is 6.80. The lowest BCUT2D eigenvalue weighted by Crippen LogP contribution is -2.43. The van der Waals surface area contributed by atoms with Gasteiger partial charge >= 0.3 is 6.03 Å². The number of hydrogen-bond donors (Lipinski definition) is 2. The van der Waals surface area contributed by atoms with Gasteiger partial charge in [-0.15, -0.1) is 0 Å². The minimum absolute atomic E-state index is 0.170. The predicted molar refractivity (Wildman–Crippen MR) is 88.7 cm³/mol. The van der Waals surface area contributed by atoms with E-state index in [1.807, 2.05) is 6.07 Å². The Morgan fingerprint density at radius 2 is 1.86 bits per heavy atom. The van der Waals surface area contributed by atoms with Crippen LogP contribution in [0.5, 0.6) is 11.5 Å². The molecule has 5 nitrogen and oxygen atoms in total. The topological polar surface area (TPSA) is 59.6 Å². The van der Waals surface area contributed by atoms with Gasteiger partial charge in [0, 0.05) is 22.6 Å². The van der Waals surface area contributed by atoms with Gasteiger partial charge in [-0.2, -0.15) is 0 Å². The van der Waals surface area contributed by atoms with E-state index in [1.54, 1.807) is 6.07 Å². The molecule has 0 radical (unpaired) electrons. The zero-order valence-electron chi connectivity index (χ0n) is 12.7. The molecule has 1 aliphatic carbocycles. The molecule has 6 heteroatoms. The van der Waals surface area contributed by atoms with E-state index < -0.39 is 0 Å². The third-order valence-electron chi connectivity index (χ3n) is 4.31. The summed E-state index contributed by atoms with van der Waals surface area (Å²) in [6.07, 6.45) is 4.67. The van der Waals surface area contributed by atoms with Gasteiger partial charge in [-0.05, 0) is 34.7 Å². The van der Waals surface area contributed by atoms with Crippen molar-refractivity contribution in [3.8, 4) is 11.5 Å². The Morgan fingerprint density at radius 3 is 2.59 bits per heavy atom. The Kier molecular flexibility index (Phi) is 4.76. The molecule has 2 aliphatic rings. The van der Waals surface area contributed by atoms with Gasteiger partial charge in [0.05, 0.1) is 5.69 Å². The van der Waals surface area contributed by atoms with Crippen molar-refractivity contribution in [2.75, 3.05) is 18.5 Å². The summed E-state index contributed by atoms with van der Waals surface area (Å²) in [7, 11) is 0. The third-order valence-corrected chi connectivity index (χ3v) is 4.96. The predicted octanol–water partition coefficient (Wildman–Crippen LogP) is 3.92. The van der Waals surface area contributed by atoms with Crippen molar-refractivity contribution in [2.45, 2.75) is 38.6 Å². The van der Waals surface area contributed by atoms with Crippen molar-refractivity contribution in [2.24, 2.45) is 5.92 Å². The second kappa shape index (κ2) is 6.77. The lowest BCUT2D eigenvalue weighted by atomic mass is 9.86. The van der Waals surface area contributed by atoms with Gasteiger partial charge in [0.25, 0.3) is 0 Å². The Balaban J connectivity index is 1.66. The number of fused-ring (bicyclic) bond motifs is 1. The lowest BCUT2D eigenvalue weighted by Gasteiger charge is -2.29. The Morgan fingerprint density at radius 1 is 1.18 bits per heavy atom. The Hall–Kier alpha value is -1.43. The molecule has 1 heterocycles. The highest BCUT2D eigenvalue weighted by atomic mass is 79.9. The maximum absolute atomic E-state index is 12.2. The quantitative estimate of drug-likeness (QED) is 0.831. The highest BCUT2D eigenvalue weighted by molar-refractivity contribution is 9.10. The van der Waals surface area contributed by atoms with Gasteiger partial charge in [0.15, 0.2) is 11.5 Å². The standard InChI is InChI=1S/C16H21BrN2O3/c1-10-4-2-3-5-12(10)18-16(20)19-13-9-15-14(8-11(13)17)21-6-7-22-15/h8-10,12H,2-7H2,1H3,(H2,18,19,20)/t10-,12+/m1/s1. The number of hydrogen-bond acceptors (Lipinski definition) is 3. The first-order valence-electron chi connectivity index (χ1n) is 7.80. The molecule has 0 spiro atoms.